The molecule has 1 heterocycles. The van der Waals surface area contributed by atoms with Crippen LogP contribution in [0.4, 0.5) is 4.79 Å². The molecular formula is C12H24N2O3. The van der Waals surface area contributed by atoms with Gasteiger partial charge >= 0.3 is 6.09 Å². The van der Waals surface area contributed by atoms with E-state index in [0.717, 1.165) is 26.1 Å². The van der Waals surface area contributed by atoms with E-state index in [0.29, 0.717) is 12.5 Å². The molecule has 2 N–H and O–H groups in total. The summed E-state index contributed by atoms with van der Waals surface area (Å²) in [6.45, 7) is 9.07. The van der Waals surface area contributed by atoms with Crippen LogP contribution in [0, 0.1) is 5.92 Å². The van der Waals surface area contributed by atoms with E-state index < -0.39 is 5.60 Å². The predicted molar refractivity (Wildman–Crippen MR) is 65.9 cm³/mol. The Morgan fingerprint density at radius 1 is 1.53 bits per heavy atom. The van der Waals surface area contributed by atoms with Crippen LogP contribution in [0.1, 0.15) is 27.2 Å². The Hall–Kier alpha value is -0.810. The Kier molecular flexibility index (Phi) is 5.21. The zero-order valence-electron chi connectivity index (χ0n) is 11.0. The van der Waals surface area contributed by atoms with Crippen LogP contribution in [0.25, 0.3) is 0 Å². The number of rotatable bonds is 4. The van der Waals surface area contributed by atoms with Crippen LogP contribution >= 0.6 is 0 Å². The molecular weight excluding hydrogens is 220 g/mol. The zero-order valence-corrected chi connectivity index (χ0v) is 11.0. The third-order valence-electron chi connectivity index (χ3n) is 2.72. The van der Waals surface area contributed by atoms with Gasteiger partial charge in [0.15, 0.2) is 0 Å². The van der Waals surface area contributed by atoms with Gasteiger partial charge in [0.25, 0.3) is 0 Å². The van der Waals surface area contributed by atoms with Crippen molar-refractivity contribution >= 4 is 6.09 Å². The van der Waals surface area contributed by atoms with Crippen molar-refractivity contribution in [2.45, 2.75) is 32.8 Å². The molecule has 1 atom stereocenters. The summed E-state index contributed by atoms with van der Waals surface area (Å²) >= 11 is 0. The first-order valence-corrected chi connectivity index (χ1v) is 6.21. The molecule has 1 amide bonds. The number of aliphatic hydroxyl groups excluding tert-OH is 1. The number of ether oxygens (including phenoxy) is 1. The number of aliphatic hydroxyl groups is 1. The summed E-state index contributed by atoms with van der Waals surface area (Å²) < 4.78 is 5.17. The third-order valence-corrected chi connectivity index (χ3v) is 2.72. The molecule has 0 aromatic rings. The summed E-state index contributed by atoms with van der Waals surface area (Å²) in [5, 5.41) is 11.6. The summed E-state index contributed by atoms with van der Waals surface area (Å²) in [6.07, 6.45) is 0.716. The predicted octanol–water partition coefficient (Wildman–Crippen LogP) is 0.825. The van der Waals surface area contributed by atoms with Gasteiger partial charge in [-0.2, -0.15) is 0 Å². The van der Waals surface area contributed by atoms with Crippen molar-refractivity contribution in [2.75, 3.05) is 32.8 Å². The number of nitrogens with zero attached hydrogens (tertiary/aromatic N) is 1. The molecule has 0 unspecified atom stereocenters. The normalized spacial score (nSPS) is 21.5. The van der Waals surface area contributed by atoms with Gasteiger partial charge in [0.1, 0.15) is 5.60 Å². The number of amides is 1. The summed E-state index contributed by atoms with van der Waals surface area (Å²) in [5.41, 5.74) is -0.442. The highest BCUT2D eigenvalue weighted by Gasteiger charge is 2.23. The van der Waals surface area contributed by atoms with Crippen molar-refractivity contribution in [1.29, 1.82) is 0 Å². The molecule has 17 heavy (non-hydrogen) atoms. The first-order valence-electron chi connectivity index (χ1n) is 6.21. The maximum Gasteiger partial charge on any atom is 0.407 e. The van der Waals surface area contributed by atoms with E-state index in [9.17, 15) is 4.79 Å². The Bertz CT molecular complexity index is 251. The molecule has 0 saturated carbocycles. The number of β-amino-alcohol motifs (C(OH)–C–C–N with tert-alkyl or cyclic N) is 1. The molecule has 0 radical (unpaired) electrons. The van der Waals surface area contributed by atoms with Crippen molar-refractivity contribution in [3.63, 3.8) is 0 Å². The Balaban J connectivity index is 2.17. The number of alkyl carbamates (subject to hydrolysis) is 1. The van der Waals surface area contributed by atoms with Gasteiger partial charge in [-0.05, 0) is 39.7 Å². The average molecular weight is 244 g/mol. The van der Waals surface area contributed by atoms with E-state index in [2.05, 4.69) is 10.2 Å². The number of nitrogens with one attached hydrogen (secondary N) is 1. The van der Waals surface area contributed by atoms with Crippen molar-refractivity contribution in [2.24, 2.45) is 5.92 Å². The van der Waals surface area contributed by atoms with Crippen molar-refractivity contribution in [3.8, 4) is 0 Å². The second-order valence-corrected chi connectivity index (χ2v) is 5.56. The van der Waals surface area contributed by atoms with Crippen molar-refractivity contribution < 1.29 is 14.6 Å². The van der Waals surface area contributed by atoms with Crippen molar-refractivity contribution in [1.82, 2.24) is 10.2 Å². The van der Waals surface area contributed by atoms with Gasteiger partial charge in [-0.1, -0.05) is 0 Å². The van der Waals surface area contributed by atoms with Gasteiger partial charge in [0.2, 0.25) is 0 Å². The monoisotopic (exact) mass is 244 g/mol. The number of carbonyl (C=O) groups excluding carboxylic acids is 1. The van der Waals surface area contributed by atoms with Gasteiger partial charge in [-0.25, -0.2) is 4.79 Å². The molecule has 1 aliphatic heterocycles. The SMILES string of the molecule is CC(C)(C)OC(=O)NC[C@@H]1CCN(CCO)C1. The van der Waals surface area contributed by atoms with E-state index in [1.54, 1.807) is 0 Å². The molecule has 1 saturated heterocycles. The maximum absolute atomic E-state index is 11.4. The topological polar surface area (TPSA) is 61.8 Å². The third kappa shape index (κ3) is 5.89. The van der Waals surface area contributed by atoms with E-state index in [4.69, 9.17) is 9.84 Å². The average Bonchev–Trinajstić information content (AvgIpc) is 2.61. The van der Waals surface area contributed by atoms with Gasteiger partial charge < -0.3 is 20.1 Å². The largest absolute Gasteiger partial charge is 0.444 e. The van der Waals surface area contributed by atoms with Crippen LogP contribution in [-0.2, 0) is 4.74 Å². The number of hydrogen-bond acceptors (Lipinski definition) is 4. The Morgan fingerprint density at radius 2 is 2.24 bits per heavy atom. The molecule has 0 aliphatic carbocycles. The van der Waals surface area contributed by atoms with Crippen LogP contribution < -0.4 is 5.32 Å². The quantitative estimate of drug-likeness (QED) is 0.769. The minimum atomic E-state index is -0.442. The summed E-state index contributed by atoms with van der Waals surface area (Å²) in [6, 6.07) is 0. The Morgan fingerprint density at radius 3 is 2.82 bits per heavy atom. The van der Waals surface area contributed by atoms with E-state index in [1.807, 2.05) is 20.8 Å². The molecule has 1 aliphatic rings. The molecule has 0 aromatic heterocycles. The summed E-state index contributed by atoms with van der Waals surface area (Å²) in [7, 11) is 0. The minimum absolute atomic E-state index is 0.201. The molecule has 5 heteroatoms. The fourth-order valence-electron chi connectivity index (χ4n) is 1.97. The highest BCUT2D eigenvalue weighted by atomic mass is 16.6. The summed E-state index contributed by atoms with van der Waals surface area (Å²) in [5.74, 6) is 0.467. The second kappa shape index (κ2) is 6.21. The molecule has 0 spiro atoms. The van der Waals surface area contributed by atoms with E-state index >= 15 is 0 Å². The highest BCUT2D eigenvalue weighted by Crippen LogP contribution is 2.15. The van der Waals surface area contributed by atoms with Crippen LogP contribution in [0.15, 0.2) is 0 Å². The molecule has 1 fully saturated rings. The number of hydrogen-bond donors (Lipinski definition) is 2. The lowest BCUT2D eigenvalue weighted by Crippen LogP contribution is -2.36. The van der Waals surface area contributed by atoms with Crippen LogP contribution in [0.5, 0.6) is 0 Å². The lowest BCUT2D eigenvalue weighted by Gasteiger charge is -2.20. The lowest BCUT2D eigenvalue weighted by molar-refractivity contribution is 0.0519. The smallest absolute Gasteiger partial charge is 0.407 e. The second-order valence-electron chi connectivity index (χ2n) is 5.56. The highest BCUT2D eigenvalue weighted by molar-refractivity contribution is 5.67. The van der Waals surface area contributed by atoms with Gasteiger partial charge in [-0.15, -0.1) is 0 Å². The number of carbonyl (C=O) groups is 1. The van der Waals surface area contributed by atoms with Crippen molar-refractivity contribution in [3.05, 3.63) is 0 Å². The minimum Gasteiger partial charge on any atom is -0.444 e. The number of likely N-dealkylation sites (tertiary alicyclic amines) is 1. The standard InChI is InChI=1S/C12H24N2O3/c1-12(2,3)17-11(16)13-8-10-4-5-14(9-10)6-7-15/h10,15H,4-9H2,1-3H3,(H,13,16)/t10-/m0/s1. The van der Waals surface area contributed by atoms with Crippen LogP contribution in [-0.4, -0.2) is 54.5 Å². The first kappa shape index (κ1) is 14.3. The van der Waals surface area contributed by atoms with Crippen LogP contribution in [0.2, 0.25) is 0 Å². The fourth-order valence-corrected chi connectivity index (χ4v) is 1.97. The first-order chi connectivity index (χ1) is 7.90. The van der Waals surface area contributed by atoms with Gasteiger partial charge in [0.05, 0.1) is 6.61 Å². The molecule has 1 rings (SSSR count). The van der Waals surface area contributed by atoms with E-state index in [1.165, 1.54) is 0 Å². The maximum atomic E-state index is 11.4. The fraction of sp³-hybridized carbons (Fsp3) is 0.917. The molecule has 100 valence electrons. The van der Waals surface area contributed by atoms with Crippen LogP contribution in [0.3, 0.4) is 0 Å². The van der Waals surface area contributed by atoms with Gasteiger partial charge in [-0.3, -0.25) is 0 Å². The molecule has 0 aromatic carbocycles. The molecule has 0 bridgehead atoms. The van der Waals surface area contributed by atoms with Gasteiger partial charge in [0, 0.05) is 19.6 Å². The lowest BCUT2D eigenvalue weighted by atomic mass is 10.1. The van der Waals surface area contributed by atoms with E-state index in [-0.39, 0.29) is 12.7 Å². The molecule has 5 nitrogen and oxygen atoms in total. The zero-order chi connectivity index (χ0) is 12.9. The summed E-state index contributed by atoms with van der Waals surface area (Å²) in [4.78, 5) is 13.6. The Labute approximate surface area is 103 Å².